The maximum Gasteiger partial charge on any atom is 0.387 e. The van der Waals surface area contributed by atoms with Crippen molar-refractivity contribution in [3.63, 3.8) is 0 Å². The fraction of sp³-hybridized carbons (Fsp3) is 0.143. The normalized spacial score (nSPS) is 11.0. The summed E-state index contributed by atoms with van der Waals surface area (Å²) in [6.45, 7) is -1.64. The number of amides is 1. The summed E-state index contributed by atoms with van der Waals surface area (Å²) in [5.74, 6) is -0.274. The zero-order valence-corrected chi connectivity index (χ0v) is 12.4. The molecule has 0 saturated carbocycles. The van der Waals surface area contributed by atoms with E-state index < -0.39 is 6.61 Å². The molecule has 3 heterocycles. The molecule has 0 saturated heterocycles. The summed E-state index contributed by atoms with van der Waals surface area (Å²) in [6, 6.07) is 4.63. The van der Waals surface area contributed by atoms with Crippen molar-refractivity contribution in [3.8, 4) is 17.0 Å². The van der Waals surface area contributed by atoms with Crippen molar-refractivity contribution in [3.05, 3.63) is 30.6 Å². The van der Waals surface area contributed by atoms with Crippen molar-refractivity contribution in [2.24, 2.45) is 0 Å². The Morgan fingerprint density at radius 1 is 1.42 bits per heavy atom. The van der Waals surface area contributed by atoms with E-state index in [4.69, 9.17) is 5.73 Å². The molecule has 0 radical (unpaired) electrons. The van der Waals surface area contributed by atoms with Crippen LogP contribution >= 0.6 is 0 Å². The molecule has 0 aromatic carbocycles. The van der Waals surface area contributed by atoms with Crippen molar-refractivity contribution in [1.82, 2.24) is 19.6 Å². The molecule has 24 heavy (non-hydrogen) atoms. The van der Waals surface area contributed by atoms with Crippen LogP contribution in [0, 0.1) is 0 Å². The molecule has 124 valence electrons. The smallest absolute Gasteiger partial charge is 0.387 e. The lowest BCUT2D eigenvalue weighted by molar-refractivity contribution is -0.114. The average Bonchev–Trinajstić information content (AvgIpc) is 2.89. The zero-order chi connectivity index (χ0) is 17.3. The number of nitrogen functional groups attached to an aromatic ring is 1. The number of anilines is 2. The Hall–Kier alpha value is -3.30. The molecule has 1 amide bonds. The van der Waals surface area contributed by atoms with Gasteiger partial charge in [0.2, 0.25) is 5.91 Å². The van der Waals surface area contributed by atoms with Gasteiger partial charge in [-0.05, 0) is 18.2 Å². The van der Waals surface area contributed by atoms with Crippen LogP contribution in [-0.4, -0.2) is 32.1 Å². The number of nitrogens with two attached hydrogens (primary N) is 1. The van der Waals surface area contributed by atoms with Crippen LogP contribution in [0.1, 0.15) is 6.92 Å². The maximum absolute atomic E-state index is 12.4. The van der Waals surface area contributed by atoms with Gasteiger partial charge < -0.3 is 15.8 Å². The van der Waals surface area contributed by atoms with E-state index in [1.807, 2.05) is 0 Å². The van der Waals surface area contributed by atoms with Crippen LogP contribution in [0.15, 0.2) is 30.6 Å². The molecule has 0 spiro atoms. The standard InChI is InChI=1S/C14H12F2N6O2/c1-7(23)19-11-6-22-12(20-11)3-2-9(21-22)8-4-10(24-14(15)16)13(17)18-5-8/h2-6,14H,1H3,(H2,17,18)(H,19,23). The number of carbonyl (C=O) groups is 1. The number of ether oxygens (including phenoxy) is 1. The maximum atomic E-state index is 12.4. The monoisotopic (exact) mass is 334 g/mol. The molecule has 0 aliphatic carbocycles. The van der Waals surface area contributed by atoms with Gasteiger partial charge >= 0.3 is 6.61 Å². The van der Waals surface area contributed by atoms with E-state index in [0.717, 1.165) is 0 Å². The van der Waals surface area contributed by atoms with Gasteiger partial charge in [0.25, 0.3) is 0 Å². The first-order valence-electron chi connectivity index (χ1n) is 6.77. The van der Waals surface area contributed by atoms with Crippen LogP contribution < -0.4 is 15.8 Å². The summed E-state index contributed by atoms with van der Waals surface area (Å²) < 4.78 is 30.5. The van der Waals surface area contributed by atoms with Gasteiger partial charge in [0, 0.05) is 18.7 Å². The zero-order valence-electron chi connectivity index (χ0n) is 12.4. The lowest BCUT2D eigenvalue weighted by Gasteiger charge is -2.08. The molecular weight excluding hydrogens is 322 g/mol. The second kappa shape index (κ2) is 6.07. The van der Waals surface area contributed by atoms with E-state index in [9.17, 15) is 13.6 Å². The number of alkyl halides is 2. The van der Waals surface area contributed by atoms with Crippen molar-refractivity contribution in [2.45, 2.75) is 13.5 Å². The van der Waals surface area contributed by atoms with E-state index in [1.165, 1.54) is 29.9 Å². The highest BCUT2D eigenvalue weighted by Crippen LogP contribution is 2.27. The van der Waals surface area contributed by atoms with Crippen LogP contribution in [0.25, 0.3) is 16.9 Å². The Bertz CT molecular complexity index is 911. The summed E-state index contributed by atoms with van der Waals surface area (Å²) in [4.78, 5) is 19.1. The summed E-state index contributed by atoms with van der Waals surface area (Å²) in [7, 11) is 0. The van der Waals surface area contributed by atoms with Gasteiger partial charge in [0.1, 0.15) is 0 Å². The van der Waals surface area contributed by atoms with Crippen LogP contribution in [0.2, 0.25) is 0 Å². The van der Waals surface area contributed by atoms with Crippen molar-refractivity contribution in [2.75, 3.05) is 11.1 Å². The lowest BCUT2D eigenvalue weighted by Crippen LogP contribution is -2.06. The number of rotatable bonds is 4. The number of nitrogens with zero attached hydrogens (tertiary/aromatic N) is 4. The highest BCUT2D eigenvalue weighted by atomic mass is 19.3. The van der Waals surface area contributed by atoms with Gasteiger partial charge in [0.05, 0.1) is 11.9 Å². The third-order valence-electron chi connectivity index (χ3n) is 3.02. The second-order valence-electron chi connectivity index (χ2n) is 4.81. The van der Waals surface area contributed by atoms with E-state index in [2.05, 4.69) is 25.1 Å². The summed E-state index contributed by atoms with van der Waals surface area (Å²) >= 11 is 0. The predicted octanol–water partition coefficient (Wildman–Crippen LogP) is 1.93. The van der Waals surface area contributed by atoms with Gasteiger partial charge in [-0.3, -0.25) is 4.79 Å². The molecule has 0 atom stereocenters. The SMILES string of the molecule is CC(=O)Nc1cn2nc(-c3cnc(N)c(OC(F)F)c3)ccc2n1. The fourth-order valence-electron chi connectivity index (χ4n) is 2.06. The molecule has 0 fully saturated rings. The van der Waals surface area contributed by atoms with Gasteiger partial charge in [-0.1, -0.05) is 0 Å². The molecule has 8 nitrogen and oxygen atoms in total. The van der Waals surface area contributed by atoms with E-state index in [-0.39, 0.29) is 17.5 Å². The Kier molecular flexibility index (Phi) is 3.94. The largest absolute Gasteiger partial charge is 0.431 e. The van der Waals surface area contributed by atoms with E-state index in [1.54, 1.807) is 12.1 Å². The highest BCUT2D eigenvalue weighted by Gasteiger charge is 2.12. The van der Waals surface area contributed by atoms with Gasteiger partial charge in [-0.15, -0.1) is 0 Å². The number of nitrogens with one attached hydrogen (secondary N) is 1. The molecule has 0 aliphatic rings. The quantitative estimate of drug-likeness (QED) is 0.755. The molecule has 3 aromatic heterocycles. The van der Waals surface area contributed by atoms with Crippen molar-refractivity contribution in [1.29, 1.82) is 0 Å². The molecule has 3 N–H and O–H groups in total. The Morgan fingerprint density at radius 2 is 2.21 bits per heavy atom. The molecule has 0 aliphatic heterocycles. The number of imidazole rings is 1. The van der Waals surface area contributed by atoms with Crippen LogP contribution in [0.3, 0.4) is 0 Å². The Morgan fingerprint density at radius 3 is 2.92 bits per heavy atom. The molecule has 3 rings (SSSR count). The molecular formula is C14H12F2N6O2. The minimum Gasteiger partial charge on any atom is -0.431 e. The molecule has 0 bridgehead atoms. The Labute approximate surface area is 134 Å². The van der Waals surface area contributed by atoms with Crippen LogP contribution in [0.5, 0.6) is 5.75 Å². The number of aromatic nitrogens is 4. The third-order valence-corrected chi connectivity index (χ3v) is 3.02. The van der Waals surface area contributed by atoms with Gasteiger partial charge in [0.15, 0.2) is 23.0 Å². The number of hydrogen-bond acceptors (Lipinski definition) is 6. The number of fused-ring (bicyclic) bond motifs is 1. The number of carbonyl (C=O) groups excluding carboxylic acids is 1. The topological polar surface area (TPSA) is 107 Å². The number of pyridine rings is 1. The fourth-order valence-corrected chi connectivity index (χ4v) is 2.06. The minimum absolute atomic E-state index is 0.143. The first kappa shape index (κ1) is 15.6. The first-order valence-corrected chi connectivity index (χ1v) is 6.77. The summed E-state index contributed by atoms with van der Waals surface area (Å²) in [6.07, 6.45) is 2.93. The second-order valence-corrected chi connectivity index (χ2v) is 4.81. The van der Waals surface area contributed by atoms with Crippen molar-refractivity contribution < 1.29 is 18.3 Å². The van der Waals surface area contributed by atoms with Crippen molar-refractivity contribution >= 4 is 23.2 Å². The average molecular weight is 334 g/mol. The number of hydrogen-bond donors (Lipinski definition) is 2. The first-order chi connectivity index (χ1) is 11.4. The number of halogens is 2. The van der Waals surface area contributed by atoms with Crippen LogP contribution in [-0.2, 0) is 4.79 Å². The van der Waals surface area contributed by atoms with Crippen LogP contribution in [0.4, 0.5) is 20.4 Å². The van der Waals surface area contributed by atoms with E-state index in [0.29, 0.717) is 22.7 Å². The van der Waals surface area contributed by atoms with E-state index >= 15 is 0 Å². The summed E-state index contributed by atoms with van der Waals surface area (Å²) in [5.41, 5.74) is 6.91. The molecule has 3 aromatic rings. The minimum atomic E-state index is -3.01. The summed E-state index contributed by atoms with van der Waals surface area (Å²) in [5, 5.41) is 6.85. The van der Waals surface area contributed by atoms with Gasteiger partial charge in [-0.2, -0.15) is 13.9 Å². The Balaban J connectivity index is 1.98. The highest BCUT2D eigenvalue weighted by molar-refractivity contribution is 5.87. The predicted molar refractivity (Wildman–Crippen MR) is 81.6 cm³/mol. The van der Waals surface area contributed by atoms with Gasteiger partial charge in [-0.25, -0.2) is 14.5 Å². The third kappa shape index (κ3) is 3.21. The lowest BCUT2D eigenvalue weighted by atomic mass is 10.2. The molecule has 0 unspecified atom stereocenters. The molecule has 10 heteroatoms.